The van der Waals surface area contributed by atoms with Crippen molar-refractivity contribution < 1.29 is 9.53 Å². The quantitative estimate of drug-likeness (QED) is 0.778. The van der Waals surface area contributed by atoms with Crippen LogP contribution in [0.25, 0.3) is 11.0 Å². The molecule has 1 N–H and O–H groups in total. The minimum Gasteiger partial charge on any atom is -0.490 e. The number of rotatable bonds is 5. The summed E-state index contributed by atoms with van der Waals surface area (Å²) in [4.78, 5) is 12.5. The van der Waals surface area contributed by atoms with Gasteiger partial charge in [-0.1, -0.05) is 23.4 Å². The van der Waals surface area contributed by atoms with E-state index in [1.54, 1.807) is 16.8 Å². The fraction of sp³-hybridized carbons (Fsp3) is 0.316. The second-order valence-corrected chi connectivity index (χ2v) is 6.38. The van der Waals surface area contributed by atoms with E-state index in [0.29, 0.717) is 23.7 Å². The third-order valence-electron chi connectivity index (χ3n) is 4.63. The zero-order valence-electron chi connectivity index (χ0n) is 14.1. The van der Waals surface area contributed by atoms with Crippen LogP contribution in [0, 0.1) is 0 Å². The van der Waals surface area contributed by atoms with Crippen molar-refractivity contribution in [2.45, 2.75) is 31.9 Å². The smallest absolute Gasteiger partial charge is 0.251 e. The molecule has 3 aromatic rings. The highest BCUT2D eigenvalue weighted by Crippen LogP contribution is 2.27. The molecule has 0 spiro atoms. The van der Waals surface area contributed by atoms with Crippen LogP contribution in [0.3, 0.4) is 0 Å². The molecule has 0 bridgehead atoms. The van der Waals surface area contributed by atoms with Crippen LogP contribution in [0.5, 0.6) is 5.75 Å². The van der Waals surface area contributed by atoms with Crippen LogP contribution < -0.4 is 10.1 Å². The lowest BCUT2D eigenvalue weighted by Gasteiger charge is -2.27. The summed E-state index contributed by atoms with van der Waals surface area (Å²) in [6.45, 7) is 0.431. The predicted molar refractivity (Wildman–Crippen MR) is 94.4 cm³/mol. The maximum Gasteiger partial charge on any atom is 0.251 e. The van der Waals surface area contributed by atoms with Gasteiger partial charge in [0.05, 0.1) is 11.6 Å². The SMILES string of the molecule is Cn1nnc2cc(C(=O)NCc3ccccc3OC3CCC3)ccc21. The lowest BCUT2D eigenvalue weighted by Crippen LogP contribution is -2.26. The van der Waals surface area contributed by atoms with Gasteiger partial charge in [-0.15, -0.1) is 5.10 Å². The summed E-state index contributed by atoms with van der Waals surface area (Å²) >= 11 is 0. The maximum absolute atomic E-state index is 12.5. The van der Waals surface area contributed by atoms with Crippen molar-refractivity contribution >= 4 is 16.9 Å². The van der Waals surface area contributed by atoms with E-state index in [1.165, 1.54) is 6.42 Å². The first-order chi connectivity index (χ1) is 12.2. The zero-order chi connectivity index (χ0) is 17.2. The fourth-order valence-corrected chi connectivity index (χ4v) is 2.89. The Labute approximate surface area is 145 Å². The Kier molecular flexibility index (Phi) is 4.09. The highest BCUT2D eigenvalue weighted by molar-refractivity contribution is 5.97. The highest BCUT2D eigenvalue weighted by atomic mass is 16.5. The molecule has 0 aliphatic heterocycles. The number of nitrogens with zero attached hydrogens (tertiary/aromatic N) is 3. The molecule has 1 aliphatic carbocycles. The van der Waals surface area contributed by atoms with Gasteiger partial charge in [0.15, 0.2) is 0 Å². The topological polar surface area (TPSA) is 69.0 Å². The molecular formula is C19H20N4O2. The summed E-state index contributed by atoms with van der Waals surface area (Å²) in [7, 11) is 1.83. The summed E-state index contributed by atoms with van der Waals surface area (Å²) in [5.74, 6) is 0.725. The number of hydrogen-bond donors (Lipinski definition) is 1. The minimum atomic E-state index is -0.133. The van der Waals surface area contributed by atoms with Gasteiger partial charge in [0.25, 0.3) is 5.91 Å². The van der Waals surface area contributed by atoms with E-state index in [1.807, 2.05) is 37.4 Å². The van der Waals surface area contributed by atoms with Crippen molar-refractivity contribution in [3.05, 3.63) is 53.6 Å². The van der Waals surface area contributed by atoms with Crippen LogP contribution in [0.15, 0.2) is 42.5 Å². The van der Waals surface area contributed by atoms with E-state index in [-0.39, 0.29) is 5.91 Å². The Hall–Kier alpha value is -2.89. The Morgan fingerprint density at radius 3 is 2.92 bits per heavy atom. The van der Waals surface area contributed by atoms with Crippen LogP contribution >= 0.6 is 0 Å². The van der Waals surface area contributed by atoms with Crippen molar-refractivity contribution in [1.82, 2.24) is 20.3 Å². The van der Waals surface area contributed by atoms with Gasteiger partial charge < -0.3 is 10.1 Å². The van der Waals surface area contributed by atoms with Crippen LogP contribution in [-0.2, 0) is 13.6 Å². The Morgan fingerprint density at radius 2 is 2.12 bits per heavy atom. The lowest BCUT2D eigenvalue weighted by atomic mass is 9.96. The van der Waals surface area contributed by atoms with Gasteiger partial charge in [-0.05, 0) is 43.5 Å². The number of para-hydroxylation sites is 1. The molecule has 1 heterocycles. The minimum absolute atomic E-state index is 0.133. The van der Waals surface area contributed by atoms with E-state index in [2.05, 4.69) is 15.6 Å². The van der Waals surface area contributed by atoms with Gasteiger partial charge in [-0.3, -0.25) is 4.79 Å². The van der Waals surface area contributed by atoms with E-state index < -0.39 is 0 Å². The Bertz CT molecular complexity index is 915. The second-order valence-electron chi connectivity index (χ2n) is 6.38. The van der Waals surface area contributed by atoms with Gasteiger partial charge in [-0.25, -0.2) is 4.68 Å². The molecule has 0 radical (unpaired) electrons. The molecule has 4 rings (SSSR count). The maximum atomic E-state index is 12.5. The third-order valence-corrected chi connectivity index (χ3v) is 4.63. The van der Waals surface area contributed by atoms with Crippen molar-refractivity contribution in [3.8, 4) is 5.75 Å². The molecule has 1 amide bonds. The number of carbonyl (C=O) groups excluding carboxylic acids is 1. The molecule has 6 heteroatoms. The van der Waals surface area contributed by atoms with Crippen LogP contribution in [-0.4, -0.2) is 27.0 Å². The zero-order valence-corrected chi connectivity index (χ0v) is 14.1. The van der Waals surface area contributed by atoms with Gasteiger partial charge >= 0.3 is 0 Å². The van der Waals surface area contributed by atoms with Gasteiger partial charge in [0.2, 0.25) is 0 Å². The molecular weight excluding hydrogens is 316 g/mol. The number of nitrogens with one attached hydrogen (secondary N) is 1. The Morgan fingerprint density at radius 1 is 1.28 bits per heavy atom. The summed E-state index contributed by atoms with van der Waals surface area (Å²) in [6.07, 6.45) is 3.77. The summed E-state index contributed by atoms with van der Waals surface area (Å²) < 4.78 is 7.69. The lowest BCUT2D eigenvalue weighted by molar-refractivity contribution is 0.0949. The summed E-state index contributed by atoms with van der Waals surface area (Å²) in [6, 6.07) is 13.3. The number of fused-ring (bicyclic) bond motifs is 1. The molecule has 1 saturated carbocycles. The number of aromatic nitrogens is 3. The van der Waals surface area contributed by atoms with Crippen LogP contribution in [0.4, 0.5) is 0 Å². The van der Waals surface area contributed by atoms with E-state index in [0.717, 1.165) is 29.7 Å². The highest BCUT2D eigenvalue weighted by Gasteiger charge is 2.20. The standard InChI is InChI=1S/C19H20N4O2/c1-23-17-10-9-13(11-16(17)21-22-23)19(24)20-12-14-5-2-3-8-18(14)25-15-6-4-7-15/h2-3,5,8-11,15H,4,6-7,12H2,1H3,(H,20,24). The first-order valence-corrected chi connectivity index (χ1v) is 8.53. The molecule has 2 aromatic carbocycles. The molecule has 1 fully saturated rings. The first kappa shape index (κ1) is 15.6. The van der Waals surface area contributed by atoms with Gasteiger partial charge in [0.1, 0.15) is 11.3 Å². The predicted octanol–water partition coefficient (Wildman–Crippen LogP) is 2.83. The molecule has 25 heavy (non-hydrogen) atoms. The number of hydrogen-bond acceptors (Lipinski definition) is 4. The monoisotopic (exact) mass is 336 g/mol. The van der Waals surface area contributed by atoms with Gasteiger partial charge in [-0.2, -0.15) is 0 Å². The fourth-order valence-electron chi connectivity index (χ4n) is 2.89. The van der Waals surface area contributed by atoms with Gasteiger partial charge in [0, 0.05) is 24.7 Å². The van der Waals surface area contributed by atoms with Crippen molar-refractivity contribution in [2.24, 2.45) is 7.05 Å². The average molecular weight is 336 g/mol. The molecule has 128 valence electrons. The molecule has 0 atom stereocenters. The number of carbonyl (C=O) groups is 1. The van der Waals surface area contributed by atoms with Crippen molar-refractivity contribution in [3.63, 3.8) is 0 Å². The van der Waals surface area contributed by atoms with Crippen LogP contribution in [0.1, 0.15) is 35.2 Å². The average Bonchev–Trinajstić information content (AvgIpc) is 2.97. The summed E-state index contributed by atoms with van der Waals surface area (Å²) in [5.41, 5.74) is 3.17. The number of aryl methyl sites for hydroxylation is 1. The molecule has 1 aromatic heterocycles. The number of amides is 1. The van der Waals surface area contributed by atoms with Crippen LogP contribution in [0.2, 0.25) is 0 Å². The third kappa shape index (κ3) is 3.20. The summed E-state index contributed by atoms with van der Waals surface area (Å²) in [5, 5.41) is 11.0. The largest absolute Gasteiger partial charge is 0.490 e. The normalized spacial score (nSPS) is 14.3. The Balaban J connectivity index is 1.45. The molecule has 1 aliphatic rings. The van der Waals surface area contributed by atoms with E-state index in [9.17, 15) is 4.79 Å². The van der Waals surface area contributed by atoms with Crippen molar-refractivity contribution in [1.29, 1.82) is 0 Å². The van der Waals surface area contributed by atoms with E-state index in [4.69, 9.17) is 4.74 Å². The number of benzene rings is 2. The molecule has 0 saturated heterocycles. The number of ether oxygens (including phenoxy) is 1. The molecule has 0 unspecified atom stereocenters. The van der Waals surface area contributed by atoms with E-state index >= 15 is 0 Å². The van der Waals surface area contributed by atoms with Crippen molar-refractivity contribution in [2.75, 3.05) is 0 Å². The second kappa shape index (κ2) is 6.55. The first-order valence-electron chi connectivity index (χ1n) is 8.53. The molecule has 6 nitrogen and oxygen atoms in total.